The minimum atomic E-state index is -4.58. The fourth-order valence-corrected chi connectivity index (χ4v) is 5.76. The Balaban J connectivity index is 1.44. The molecule has 2 atom stereocenters. The molecule has 8 nitrogen and oxygen atoms in total. The first-order valence-corrected chi connectivity index (χ1v) is 13.2. The summed E-state index contributed by atoms with van der Waals surface area (Å²) in [5.41, 5.74) is -1.30. The largest absolute Gasteiger partial charge is 0.416 e. The van der Waals surface area contributed by atoms with E-state index in [1.165, 1.54) is 6.07 Å². The third-order valence-corrected chi connectivity index (χ3v) is 7.85. The Morgan fingerprint density at radius 2 is 1.95 bits per heavy atom. The van der Waals surface area contributed by atoms with Gasteiger partial charge in [0.25, 0.3) is 5.91 Å². The van der Waals surface area contributed by atoms with Gasteiger partial charge in [0.2, 0.25) is 5.91 Å². The van der Waals surface area contributed by atoms with Gasteiger partial charge < -0.3 is 25.8 Å². The predicted molar refractivity (Wildman–Crippen MR) is 138 cm³/mol. The second kappa shape index (κ2) is 11.6. The molecular formula is C28H35F3N4O4. The number of halogens is 3. The predicted octanol–water partition coefficient (Wildman–Crippen LogP) is 3.08. The minimum Gasteiger partial charge on any atom is -0.384 e. The fourth-order valence-electron chi connectivity index (χ4n) is 5.76. The van der Waals surface area contributed by atoms with Gasteiger partial charge in [-0.1, -0.05) is 12.1 Å². The number of carbonyl (C=O) groups excluding carboxylic acids is 2. The van der Waals surface area contributed by atoms with Crippen LogP contribution in [-0.4, -0.2) is 59.8 Å². The van der Waals surface area contributed by atoms with Crippen LogP contribution in [0.3, 0.4) is 0 Å². The highest BCUT2D eigenvalue weighted by Crippen LogP contribution is 2.44. The SMILES string of the molecule is CCO[C@H]1CNC[C@@]1(NC(=O)CNC(=O)c1cccc(C(F)(F)F)c1)C1CCC(O)(c2ccc(C)cn2)CC1. The van der Waals surface area contributed by atoms with Crippen molar-refractivity contribution in [1.82, 2.24) is 20.9 Å². The van der Waals surface area contributed by atoms with E-state index in [-0.39, 0.29) is 17.6 Å². The van der Waals surface area contributed by atoms with E-state index in [9.17, 15) is 27.9 Å². The summed E-state index contributed by atoms with van der Waals surface area (Å²) in [5, 5.41) is 20.2. The van der Waals surface area contributed by atoms with Crippen molar-refractivity contribution in [1.29, 1.82) is 0 Å². The normalized spacial score (nSPS) is 27.2. The molecule has 212 valence electrons. The summed E-state index contributed by atoms with van der Waals surface area (Å²) in [7, 11) is 0. The third kappa shape index (κ3) is 6.42. The molecule has 0 radical (unpaired) electrons. The van der Waals surface area contributed by atoms with Gasteiger partial charge in [0.15, 0.2) is 0 Å². The number of hydrogen-bond donors (Lipinski definition) is 4. The molecule has 4 N–H and O–H groups in total. The van der Waals surface area contributed by atoms with E-state index in [1.807, 2.05) is 26.0 Å². The van der Waals surface area contributed by atoms with E-state index in [0.717, 1.165) is 23.8 Å². The van der Waals surface area contributed by atoms with Crippen molar-refractivity contribution < 1.29 is 32.6 Å². The van der Waals surface area contributed by atoms with E-state index >= 15 is 0 Å². The van der Waals surface area contributed by atoms with Crippen LogP contribution < -0.4 is 16.0 Å². The van der Waals surface area contributed by atoms with E-state index < -0.39 is 41.2 Å². The van der Waals surface area contributed by atoms with Crippen LogP contribution in [0.5, 0.6) is 0 Å². The standard InChI is InChI=1S/C28H35F3N4O4/c1-3-39-23-15-32-17-27(23,20-9-11-26(38,12-10-20)22-8-7-18(2)14-33-22)35-24(36)16-34-25(37)19-5-4-6-21(13-19)28(29,30)31/h4-8,13-14,20,23,32,38H,3,9-12,15-17H2,1-2H3,(H,34,37)(H,35,36)/t20?,23-,26?,27+/m0/s1. The van der Waals surface area contributed by atoms with Gasteiger partial charge >= 0.3 is 6.18 Å². The van der Waals surface area contributed by atoms with E-state index in [4.69, 9.17) is 4.74 Å². The lowest BCUT2D eigenvalue weighted by molar-refractivity contribution is -0.137. The first kappa shape index (κ1) is 29.0. The lowest BCUT2D eigenvalue weighted by atomic mass is 9.68. The number of pyridine rings is 1. The zero-order valence-corrected chi connectivity index (χ0v) is 22.1. The summed E-state index contributed by atoms with van der Waals surface area (Å²) in [4.78, 5) is 30.0. The number of nitrogens with one attached hydrogen (secondary N) is 3. The number of ether oxygens (including phenoxy) is 1. The molecule has 1 saturated carbocycles. The van der Waals surface area contributed by atoms with Crippen LogP contribution in [0.25, 0.3) is 0 Å². The van der Waals surface area contributed by atoms with Crippen LogP contribution in [0.2, 0.25) is 0 Å². The van der Waals surface area contributed by atoms with Crippen molar-refractivity contribution in [2.45, 2.75) is 63.0 Å². The quantitative estimate of drug-likeness (QED) is 0.404. The first-order chi connectivity index (χ1) is 18.5. The van der Waals surface area contributed by atoms with E-state index in [1.54, 1.807) is 6.20 Å². The summed E-state index contributed by atoms with van der Waals surface area (Å²) in [5.74, 6) is -1.26. The van der Waals surface area contributed by atoms with Gasteiger partial charge in [-0.05, 0) is 75.3 Å². The van der Waals surface area contributed by atoms with Crippen molar-refractivity contribution in [2.24, 2.45) is 5.92 Å². The molecule has 2 amide bonds. The van der Waals surface area contributed by atoms with Gasteiger partial charge in [-0.3, -0.25) is 14.6 Å². The maximum absolute atomic E-state index is 13.1. The average Bonchev–Trinajstić information content (AvgIpc) is 3.30. The number of carbonyl (C=O) groups is 2. The maximum atomic E-state index is 13.1. The molecule has 0 spiro atoms. The number of benzene rings is 1. The molecule has 1 aliphatic heterocycles. The summed E-state index contributed by atoms with van der Waals surface area (Å²) >= 11 is 0. The highest BCUT2D eigenvalue weighted by Gasteiger charge is 2.53. The number of nitrogens with zero attached hydrogens (tertiary/aromatic N) is 1. The van der Waals surface area contributed by atoms with Crippen LogP contribution in [0.1, 0.15) is 59.8 Å². The molecule has 1 aromatic heterocycles. The monoisotopic (exact) mass is 548 g/mol. The highest BCUT2D eigenvalue weighted by atomic mass is 19.4. The van der Waals surface area contributed by atoms with Gasteiger partial charge in [-0.2, -0.15) is 13.2 Å². The lowest BCUT2D eigenvalue weighted by Gasteiger charge is -2.46. The van der Waals surface area contributed by atoms with Gasteiger partial charge in [0, 0.05) is 31.5 Å². The van der Waals surface area contributed by atoms with Gasteiger partial charge in [-0.15, -0.1) is 0 Å². The minimum absolute atomic E-state index is 0.0158. The number of amides is 2. The third-order valence-electron chi connectivity index (χ3n) is 7.85. The number of alkyl halides is 3. The van der Waals surface area contributed by atoms with Crippen LogP contribution in [-0.2, 0) is 21.3 Å². The van der Waals surface area contributed by atoms with E-state index in [2.05, 4.69) is 20.9 Å². The molecule has 2 fully saturated rings. The van der Waals surface area contributed by atoms with Gasteiger partial charge in [0.05, 0.1) is 29.4 Å². The topological polar surface area (TPSA) is 113 Å². The highest BCUT2D eigenvalue weighted by molar-refractivity contribution is 5.96. The molecule has 1 aliphatic carbocycles. The lowest BCUT2D eigenvalue weighted by Crippen LogP contribution is -2.64. The Hall–Kier alpha value is -3.02. The second-order valence-electron chi connectivity index (χ2n) is 10.5. The smallest absolute Gasteiger partial charge is 0.384 e. The Morgan fingerprint density at radius 1 is 1.21 bits per heavy atom. The maximum Gasteiger partial charge on any atom is 0.416 e. The molecule has 4 rings (SSSR count). The number of hydrogen-bond acceptors (Lipinski definition) is 6. The van der Waals surface area contributed by atoms with Crippen molar-refractivity contribution in [2.75, 3.05) is 26.2 Å². The zero-order chi connectivity index (χ0) is 28.3. The van der Waals surface area contributed by atoms with Gasteiger partial charge in [-0.25, -0.2) is 0 Å². The van der Waals surface area contributed by atoms with Crippen molar-refractivity contribution in [3.63, 3.8) is 0 Å². The molecule has 39 heavy (non-hydrogen) atoms. The van der Waals surface area contributed by atoms with Crippen LogP contribution >= 0.6 is 0 Å². The molecule has 0 bridgehead atoms. The molecule has 2 aliphatic rings. The Morgan fingerprint density at radius 3 is 2.59 bits per heavy atom. The molecule has 0 unspecified atom stereocenters. The summed E-state index contributed by atoms with van der Waals surface area (Å²) < 4.78 is 45.1. The van der Waals surface area contributed by atoms with Crippen molar-refractivity contribution in [3.05, 3.63) is 65.0 Å². The molecule has 1 saturated heterocycles. The van der Waals surface area contributed by atoms with Crippen molar-refractivity contribution in [3.8, 4) is 0 Å². The molecular weight excluding hydrogens is 513 g/mol. The zero-order valence-electron chi connectivity index (χ0n) is 22.1. The number of aromatic nitrogens is 1. The number of aryl methyl sites for hydroxylation is 1. The molecule has 2 heterocycles. The Kier molecular flexibility index (Phi) is 8.63. The molecule has 1 aromatic carbocycles. The second-order valence-corrected chi connectivity index (χ2v) is 10.5. The van der Waals surface area contributed by atoms with Crippen LogP contribution in [0, 0.1) is 12.8 Å². The van der Waals surface area contributed by atoms with Crippen molar-refractivity contribution >= 4 is 11.8 Å². The fraction of sp³-hybridized carbons (Fsp3) is 0.536. The summed E-state index contributed by atoms with van der Waals surface area (Å²) in [6, 6.07) is 7.83. The molecule has 11 heteroatoms. The summed E-state index contributed by atoms with van der Waals surface area (Å²) in [6.07, 6.45) is -0.985. The average molecular weight is 549 g/mol. The summed E-state index contributed by atoms with van der Waals surface area (Å²) in [6.45, 7) is 4.84. The number of aliphatic hydroxyl groups is 1. The van der Waals surface area contributed by atoms with E-state index in [0.29, 0.717) is 51.1 Å². The van der Waals surface area contributed by atoms with Gasteiger partial charge in [0.1, 0.15) is 5.60 Å². The number of rotatable bonds is 8. The Bertz CT molecular complexity index is 1170. The first-order valence-electron chi connectivity index (χ1n) is 13.2. The Labute approximate surface area is 225 Å². The van der Waals surface area contributed by atoms with Crippen LogP contribution in [0.15, 0.2) is 42.6 Å². The molecule has 2 aromatic rings. The van der Waals surface area contributed by atoms with Crippen LogP contribution in [0.4, 0.5) is 13.2 Å².